The van der Waals surface area contributed by atoms with E-state index in [0.717, 1.165) is 40.3 Å². The standard InChI is InChI=1S/C25H27NO4/c1-3-12-30-20-10-6-17(7-11-20)21-15-24(28)26-22-13-18(14-23(27)25(21)22)16-4-8-19(29-2)9-5-16/h4-11,18,21H,3,12-15H2,1-2H3,(H,26,28)/t18-,21-/m0/s1. The van der Waals surface area contributed by atoms with E-state index in [0.29, 0.717) is 25.9 Å². The predicted octanol–water partition coefficient (Wildman–Crippen LogP) is 4.49. The predicted molar refractivity (Wildman–Crippen MR) is 115 cm³/mol. The highest BCUT2D eigenvalue weighted by Gasteiger charge is 2.38. The zero-order chi connectivity index (χ0) is 21.1. The molecule has 0 fully saturated rings. The number of carbonyl (C=O) groups excluding carboxylic acids is 2. The van der Waals surface area contributed by atoms with Crippen LogP contribution in [0.15, 0.2) is 59.8 Å². The fourth-order valence-corrected chi connectivity index (χ4v) is 4.37. The van der Waals surface area contributed by atoms with Gasteiger partial charge in [-0.3, -0.25) is 9.59 Å². The van der Waals surface area contributed by atoms with E-state index < -0.39 is 0 Å². The lowest BCUT2D eigenvalue weighted by Crippen LogP contribution is -2.38. The van der Waals surface area contributed by atoms with Crippen LogP contribution in [0.2, 0.25) is 0 Å². The van der Waals surface area contributed by atoms with E-state index in [1.54, 1.807) is 7.11 Å². The second kappa shape index (κ2) is 8.74. The third-order valence-electron chi connectivity index (χ3n) is 5.88. The van der Waals surface area contributed by atoms with Crippen molar-refractivity contribution < 1.29 is 19.1 Å². The number of amides is 1. The first kappa shape index (κ1) is 20.2. The number of ether oxygens (including phenoxy) is 2. The molecule has 0 saturated carbocycles. The third-order valence-corrected chi connectivity index (χ3v) is 5.88. The van der Waals surface area contributed by atoms with E-state index in [1.165, 1.54) is 0 Å². The van der Waals surface area contributed by atoms with E-state index in [1.807, 2.05) is 48.5 Å². The highest BCUT2D eigenvalue weighted by atomic mass is 16.5. The van der Waals surface area contributed by atoms with Gasteiger partial charge in [0.15, 0.2) is 5.78 Å². The van der Waals surface area contributed by atoms with Gasteiger partial charge in [-0.1, -0.05) is 31.2 Å². The SMILES string of the molecule is CCCOc1ccc([C@@H]2CC(=O)NC3=C2C(=O)C[C@@H](c2ccc(OC)cc2)C3)cc1. The Bertz CT molecular complexity index is 960. The highest BCUT2D eigenvalue weighted by Crippen LogP contribution is 2.42. The number of rotatable bonds is 6. The van der Waals surface area contributed by atoms with E-state index in [9.17, 15) is 9.59 Å². The molecule has 5 heteroatoms. The van der Waals surface area contributed by atoms with Crippen LogP contribution in [0.3, 0.4) is 0 Å². The monoisotopic (exact) mass is 405 g/mol. The lowest BCUT2D eigenvalue weighted by Gasteiger charge is -2.34. The lowest BCUT2D eigenvalue weighted by atomic mass is 9.73. The largest absolute Gasteiger partial charge is 0.497 e. The summed E-state index contributed by atoms with van der Waals surface area (Å²) in [6.45, 7) is 2.74. The van der Waals surface area contributed by atoms with Crippen LogP contribution in [0.25, 0.3) is 0 Å². The van der Waals surface area contributed by atoms with Gasteiger partial charge in [0.25, 0.3) is 0 Å². The van der Waals surface area contributed by atoms with Crippen molar-refractivity contribution in [3.05, 3.63) is 70.9 Å². The fraction of sp³-hybridized carbons (Fsp3) is 0.360. The summed E-state index contributed by atoms with van der Waals surface area (Å²) in [4.78, 5) is 25.6. The van der Waals surface area contributed by atoms with Gasteiger partial charge < -0.3 is 14.8 Å². The van der Waals surface area contributed by atoms with Crippen molar-refractivity contribution in [1.82, 2.24) is 5.32 Å². The molecule has 4 rings (SSSR count). The summed E-state index contributed by atoms with van der Waals surface area (Å²) in [5, 5.41) is 2.98. The van der Waals surface area contributed by atoms with Gasteiger partial charge in [0.05, 0.1) is 13.7 Å². The minimum atomic E-state index is -0.196. The Morgan fingerprint density at radius 3 is 2.23 bits per heavy atom. The van der Waals surface area contributed by atoms with Crippen molar-refractivity contribution in [2.45, 2.75) is 44.4 Å². The number of carbonyl (C=O) groups is 2. The summed E-state index contributed by atoms with van der Waals surface area (Å²) in [7, 11) is 1.64. The van der Waals surface area contributed by atoms with Crippen molar-refractivity contribution in [1.29, 1.82) is 0 Å². The van der Waals surface area contributed by atoms with E-state index in [2.05, 4.69) is 12.2 Å². The molecule has 2 aromatic rings. The normalized spacial score (nSPS) is 21.1. The quantitative estimate of drug-likeness (QED) is 0.769. The molecule has 2 aliphatic rings. The third kappa shape index (κ3) is 4.11. The molecule has 2 aromatic carbocycles. The van der Waals surface area contributed by atoms with Gasteiger partial charge >= 0.3 is 0 Å². The molecule has 0 bridgehead atoms. The molecule has 1 aliphatic heterocycles. The van der Waals surface area contributed by atoms with E-state index in [4.69, 9.17) is 9.47 Å². The molecule has 5 nitrogen and oxygen atoms in total. The number of nitrogens with one attached hydrogen (secondary N) is 1. The Labute approximate surface area is 177 Å². The smallest absolute Gasteiger partial charge is 0.225 e. The molecule has 1 N–H and O–H groups in total. The minimum absolute atomic E-state index is 0.0340. The van der Waals surface area contributed by atoms with Crippen molar-refractivity contribution >= 4 is 11.7 Å². The van der Waals surface area contributed by atoms with Gasteiger partial charge in [-0.05, 0) is 54.2 Å². The maximum Gasteiger partial charge on any atom is 0.225 e. The summed E-state index contributed by atoms with van der Waals surface area (Å²) < 4.78 is 10.9. The molecule has 1 aliphatic carbocycles. The van der Waals surface area contributed by atoms with Gasteiger partial charge in [0, 0.05) is 30.0 Å². The molecule has 1 heterocycles. The number of benzene rings is 2. The van der Waals surface area contributed by atoms with E-state index >= 15 is 0 Å². The summed E-state index contributed by atoms with van der Waals surface area (Å²) in [5.74, 6) is 1.55. The first-order valence-electron chi connectivity index (χ1n) is 10.5. The number of allylic oxidation sites excluding steroid dienone is 2. The topological polar surface area (TPSA) is 64.6 Å². The van der Waals surface area contributed by atoms with Crippen molar-refractivity contribution in [3.63, 3.8) is 0 Å². The van der Waals surface area contributed by atoms with Gasteiger partial charge in [-0.25, -0.2) is 0 Å². The van der Waals surface area contributed by atoms with Gasteiger partial charge in [-0.2, -0.15) is 0 Å². The van der Waals surface area contributed by atoms with Gasteiger partial charge in [0.1, 0.15) is 11.5 Å². The Hall–Kier alpha value is -3.08. The average molecular weight is 405 g/mol. The number of hydrogen-bond donors (Lipinski definition) is 1. The Morgan fingerprint density at radius 2 is 1.57 bits per heavy atom. The van der Waals surface area contributed by atoms with Crippen LogP contribution in [-0.2, 0) is 9.59 Å². The van der Waals surface area contributed by atoms with Crippen LogP contribution in [-0.4, -0.2) is 25.4 Å². The van der Waals surface area contributed by atoms with Crippen LogP contribution in [0.4, 0.5) is 0 Å². The minimum Gasteiger partial charge on any atom is -0.497 e. The maximum absolute atomic E-state index is 13.2. The zero-order valence-corrected chi connectivity index (χ0v) is 17.4. The van der Waals surface area contributed by atoms with Crippen LogP contribution < -0.4 is 14.8 Å². The Morgan fingerprint density at radius 1 is 0.900 bits per heavy atom. The first-order valence-corrected chi connectivity index (χ1v) is 10.5. The summed E-state index contributed by atoms with van der Waals surface area (Å²) in [6, 6.07) is 15.6. The van der Waals surface area contributed by atoms with Crippen molar-refractivity contribution in [3.8, 4) is 11.5 Å². The van der Waals surface area contributed by atoms with Gasteiger partial charge in [0.2, 0.25) is 5.91 Å². The average Bonchev–Trinajstić information content (AvgIpc) is 2.77. The Balaban J connectivity index is 1.60. The number of ketones is 1. The van der Waals surface area contributed by atoms with Crippen molar-refractivity contribution in [2.24, 2.45) is 0 Å². The highest BCUT2D eigenvalue weighted by molar-refractivity contribution is 6.02. The van der Waals surface area contributed by atoms with E-state index in [-0.39, 0.29) is 23.5 Å². The van der Waals surface area contributed by atoms with Crippen LogP contribution in [0.1, 0.15) is 55.6 Å². The zero-order valence-electron chi connectivity index (χ0n) is 17.4. The first-order chi connectivity index (χ1) is 14.6. The summed E-state index contributed by atoms with van der Waals surface area (Å²) in [6.07, 6.45) is 2.36. The second-order valence-corrected chi connectivity index (χ2v) is 7.92. The summed E-state index contributed by atoms with van der Waals surface area (Å²) >= 11 is 0. The maximum atomic E-state index is 13.2. The van der Waals surface area contributed by atoms with Crippen LogP contribution >= 0.6 is 0 Å². The molecule has 30 heavy (non-hydrogen) atoms. The second-order valence-electron chi connectivity index (χ2n) is 7.92. The molecule has 0 saturated heterocycles. The molecule has 1 amide bonds. The van der Waals surface area contributed by atoms with Crippen LogP contribution in [0, 0.1) is 0 Å². The molecular formula is C25H27NO4. The molecule has 0 aromatic heterocycles. The molecule has 0 radical (unpaired) electrons. The molecule has 0 unspecified atom stereocenters. The molecular weight excluding hydrogens is 378 g/mol. The summed E-state index contributed by atoms with van der Waals surface area (Å²) in [5.41, 5.74) is 3.61. The molecule has 156 valence electrons. The number of hydrogen-bond acceptors (Lipinski definition) is 4. The fourth-order valence-electron chi connectivity index (χ4n) is 4.37. The van der Waals surface area contributed by atoms with Crippen molar-refractivity contribution in [2.75, 3.05) is 13.7 Å². The Kier molecular flexibility index (Phi) is 5.88. The molecule has 0 spiro atoms. The number of methoxy groups -OCH3 is 1. The van der Waals surface area contributed by atoms with Crippen LogP contribution in [0.5, 0.6) is 11.5 Å². The molecule has 2 atom stereocenters. The van der Waals surface area contributed by atoms with Gasteiger partial charge in [-0.15, -0.1) is 0 Å². The lowest BCUT2D eigenvalue weighted by molar-refractivity contribution is -0.122. The number of Topliss-reactive ketones (excluding diaryl/α,β-unsaturated/α-hetero) is 1.